The number of carbonyl (C=O) groups is 1. The number of methoxy groups -OCH3 is 1. The lowest BCUT2D eigenvalue weighted by atomic mass is 10.2. The van der Waals surface area contributed by atoms with Gasteiger partial charge in [-0.1, -0.05) is 11.3 Å². The number of hydrogen-bond donors (Lipinski definition) is 0. The number of thioether (sulfide) groups is 1. The van der Waals surface area contributed by atoms with Crippen molar-refractivity contribution in [1.82, 2.24) is 4.98 Å². The number of aromatic nitrogens is 1. The molecule has 9 heteroatoms. The summed E-state index contributed by atoms with van der Waals surface area (Å²) in [7, 11) is 1.62. The lowest BCUT2D eigenvalue weighted by Crippen LogP contribution is -2.37. The smallest absolute Gasteiger partial charge is 0.229 e. The van der Waals surface area contributed by atoms with Gasteiger partial charge in [0.25, 0.3) is 0 Å². The van der Waals surface area contributed by atoms with Crippen molar-refractivity contribution in [3.63, 3.8) is 0 Å². The van der Waals surface area contributed by atoms with Gasteiger partial charge in [-0.2, -0.15) is 0 Å². The van der Waals surface area contributed by atoms with Crippen LogP contribution in [0.25, 0.3) is 10.2 Å². The van der Waals surface area contributed by atoms with E-state index in [1.165, 1.54) is 6.07 Å². The summed E-state index contributed by atoms with van der Waals surface area (Å²) in [6, 6.07) is 9.70. The van der Waals surface area contributed by atoms with Gasteiger partial charge in [-0.25, -0.2) is 13.8 Å². The van der Waals surface area contributed by atoms with Crippen LogP contribution in [-0.2, 0) is 9.53 Å². The molecule has 1 fully saturated rings. The number of hydrogen-bond acceptors (Lipinski definition) is 6. The Morgan fingerprint density at radius 3 is 2.84 bits per heavy atom. The number of amides is 1. The summed E-state index contributed by atoms with van der Waals surface area (Å²) in [6.07, 6.45) is 2.01. The van der Waals surface area contributed by atoms with Crippen molar-refractivity contribution in [3.8, 4) is 5.75 Å². The molecule has 31 heavy (non-hydrogen) atoms. The third-order valence-corrected chi connectivity index (χ3v) is 7.03. The van der Waals surface area contributed by atoms with E-state index in [0.29, 0.717) is 28.7 Å². The summed E-state index contributed by atoms with van der Waals surface area (Å²) >= 11 is 2.69. The molecule has 1 aromatic heterocycles. The lowest BCUT2D eigenvalue weighted by molar-refractivity contribution is -0.118. The van der Waals surface area contributed by atoms with Crippen LogP contribution in [0.4, 0.5) is 13.9 Å². The number of carbonyl (C=O) groups excluding carboxylic acids is 1. The van der Waals surface area contributed by atoms with Gasteiger partial charge in [0.05, 0.1) is 24.5 Å². The van der Waals surface area contributed by atoms with Crippen LogP contribution in [0.1, 0.15) is 19.3 Å². The molecule has 2 aromatic carbocycles. The summed E-state index contributed by atoms with van der Waals surface area (Å²) in [5.41, 5.74) is 0.0825. The van der Waals surface area contributed by atoms with Crippen molar-refractivity contribution in [2.45, 2.75) is 30.3 Å². The zero-order chi connectivity index (χ0) is 21.8. The van der Waals surface area contributed by atoms with Crippen molar-refractivity contribution in [3.05, 3.63) is 48.0 Å². The molecular formula is C22H22F2N2O3S2. The summed E-state index contributed by atoms with van der Waals surface area (Å²) in [5, 5.41) is 0.370. The highest BCUT2D eigenvalue weighted by Gasteiger charge is 2.26. The van der Waals surface area contributed by atoms with Crippen LogP contribution in [0.2, 0.25) is 0 Å². The van der Waals surface area contributed by atoms with Gasteiger partial charge in [0.2, 0.25) is 5.91 Å². The molecule has 3 aromatic rings. The average Bonchev–Trinajstić information content (AvgIpc) is 3.42. The molecule has 0 aliphatic carbocycles. The molecule has 1 aliphatic rings. The highest BCUT2D eigenvalue weighted by atomic mass is 32.2. The van der Waals surface area contributed by atoms with Gasteiger partial charge >= 0.3 is 0 Å². The van der Waals surface area contributed by atoms with Gasteiger partial charge in [-0.15, -0.1) is 11.8 Å². The number of thiazole rings is 1. The lowest BCUT2D eigenvalue weighted by Gasteiger charge is -2.23. The molecule has 0 radical (unpaired) electrons. The van der Waals surface area contributed by atoms with E-state index in [2.05, 4.69) is 4.98 Å². The van der Waals surface area contributed by atoms with E-state index < -0.39 is 11.6 Å². The molecule has 4 rings (SSSR count). The minimum Gasteiger partial charge on any atom is -0.497 e. The Kier molecular flexibility index (Phi) is 7.04. The second-order valence-electron chi connectivity index (χ2n) is 7.14. The SMILES string of the molecule is COc1ccc(SCCC(=O)N(CC2CCCO2)c2nc3c(F)cc(F)cc3s2)cc1. The van der Waals surface area contributed by atoms with E-state index in [1.807, 2.05) is 24.3 Å². The topological polar surface area (TPSA) is 51.7 Å². The van der Waals surface area contributed by atoms with E-state index in [4.69, 9.17) is 9.47 Å². The van der Waals surface area contributed by atoms with E-state index in [0.717, 1.165) is 40.9 Å². The molecule has 1 unspecified atom stereocenters. The highest BCUT2D eigenvalue weighted by Crippen LogP contribution is 2.32. The van der Waals surface area contributed by atoms with Crippen LogP contribution in [0, 0.1) is 11.6 Å². The zero-order valence-corrected chi connectivity index (χ0v) is 18.6. The summed E-state index contributed by atoms with van der Waals surface area (Å²) < 4.78 is 39.0. The van der Waals surface area contributed by atoms with Crippen molar-refractivity contribution in [2.24, 2.45) is 0 Å². The number of nitrogens with zero attached hydrogens (tertiary/aromatic N) is 2. The van der Waals surface area contributed by atoms with Crippen molar-refractivity contribution in [2.75, 3.05) is 30.9 Å². The quantitative estimate of drug-likeness (QED) is 0.425. The van der Waals surface area contributed by atoms with Crippen LogP contribution in [0.15, 0.2) is 41.3 Å². The minimum atomic E-state index is -0.725. The fourth-order valence-corrected chi connectivity index (χ4v) is 5.28. The van der Waals surface area contributed by atoms with Gasteiger partial charge in [-0.05, 0) is 43.2 Å². The standard InChI is InChI=1S/C22H22F2N2O3S2/c1-28-15-4-6-17(7-5-15)30-10-8-20(27)26(13-16-3-2-9-29-16)22-25-21-18(24)11-14(23)12-19(21)31-22/h4-7,11-12,16H,2-3,8-10,13H2,1H3. The Morgan fingerprint density at radius 1 is 1.32 bits per heavy atom. The fraction of sp³-hybridized carbons (Fsp3) is 0.364. The second kappa shape index (κ2) is 9.93. The maximum atomic E-state index is 14.1. The third-order valence-electron chi connectivity index (χ3n) is 4.99. The Hall–Kier alpha value is -2.23. The molecule has 0 bridgehead atoms. The Balaban J connectivity index is 1.48. The Labute approximate surface area is 187 Å². The predicted molar refractivity (Wildman–Crippen MR) is 119 cm³/mol. The Morgan fingerprint density at radius 2 is 2.13 bits per heavy atom. The number of benzene rings is 2. The van der Waals surface area contributed by atoms with Crippen LogP contribution >= 0.6 is 23.1 Å². The summed E-state index contributed by atoms with van der Waals surface area (Å²) in [5.74, 6) is -0.134. The number of anilines is 1. The molecule has 1 saturated heterocycles. The molecule has 0 saturated carbocycles. The maximum absolute atomic E-state index is 14.1. The molecule has 5 nitrogen and oxygen atoms in total. The first-order valence-corrected chi connectivity index (χ1v) is 11.8. The maximum Gasteiger partial charge on any atom is 0.229 e. The van der Waals surface area contributed by atoms with Crippen molar-refractivity contribution >= 4 is 44.4 Å². The minimum absolute atomic E-state index is 0.0770. The summed E-state index contributed by atoms with van der Waals surface area (Å²) in [6.45, 7) is 1.02. The Bertz CT molecular complexity index is 1050. The van der Waals surface area contributed by atoms with E-state index in [-0.39, 0.29) is 23.9 Å². The number of ether oxygens (including phenoxy) is 2. The highest BCUT2D eigenvalue weighted by molar-refractivity contribution is 7.99. The molecule has 1 atom stereocenters. The number of fused-ring (bicyclic) bond motifs is 1. The molecule has 0 spiro atoms. The first-order valence-electron chi connectivity index (χ1n) is 9.98. The van der Waals surface area contributed by atoms with Crippen LogP contribution in [-0.4, -0.2) is 43.0 Å². The number of halogens is 2. The van der Waals surface area contributed by atoms with Crippen LogP contribution in [0.5, 0.6) is 5.75 Å². The average molecular weight is 465 g/mol. The monoisotopic (exact) mass is 464 g/mol. The van der Waals surface area contributed by atoms with Crippen LogP contribution < -0.4 is 9.64 Å². The largest absolute Gasteiger partial charge is 0.497 e. The normalized spacial score (nSPS) is 16.0. The number of rotatable bonds is 8. The van der Waals surface area contributed by atoms with E-state index in [9.17, 15) is 13.6 Å². The van der Waals surface area contributed by atoms with Gasteiger partial charge in [0.1, 0.15) is 17.1 Å². The van der Waals surface area contributed by atoms with E-state index in [1.54, 1.807) is 23.8 Å². The fourth-order valence-electron chi connectivity index (χ4n) is 3.40. The van der Waals surface area contributed by atoms with Gasteiger partial charge < -0.3 is 9.47 Å². The summed E-state index contributed by atoms with van der Waals surface area (Å²) in [4.78, 5) is 20.0. The first kappa shape index (κ1) is 22.0. The second-order valence-corrected chi connectivity index (χ2v) is 9.32. The predicted octanol–water partition coefficient (Wildman–Crippen LogP) is 5.28. The van der Waals surface area contributed by atoms with Crippen LogP contribution in [0.3, 0.4) is 0 Å². The van der Waals surface area contributed by atoms with Crippen molar-refractivity contribution in [1.29, 1.82) is 0 Å². The zero-order valence-electron chi connectivity index (χ0n) is 17.0. The molecule has 0 N–H and O–H groups in total. The van der Waals surface area contributed by atoms with E-state index >= 15 is 0 Å². The van der Waals surface area contributed by atoms with Gasteiger partial charge in [-0.3, -0.25) is 9.69 Å². The van der Waals surface area contributed by atoms with Gasteiger partial charge in [0.15, 0.2) is 10.9 Å². The van der Waals surface area contributed by atoms with Crippen molar-refractivity contribution < 1.29 is 23.0 Å². The molecule has 1 amide bonds. The first-order chi connectivity index (χ1) is 15.0. The third kappa shape index (κ3) is 5.34. The molecule has 2 heterocycles. The van der Waals surface area contributed by atoms with Gasteiger partial charge in [0, 0.05) is 29.7 Å². The molecule has 164 valence electrons. The molecule has 1 aliphatic heterocycles. The molecular weight excluding hydrogens is 442 g/mol.